The minimum atomic E-state index is -0.269. The summed E-state index contributed by atoms with van der Waals surface area (Å²) in [6.07, 6.45) is 0. The van der Waals surface area contributed by atoms with E-state index in [-0.39, 0.29) is 28.6 Å². The van der Waals surface area contributed by atoms with Crippen molar-refractivity contribution in [2.75, 3.05) is 25.2 Å². The quantitative estimate of drug-likeness (QED) is 0.848. The largest absolute Gasteiger partial charge is 0.345 e. The lowest BCUT2D eigenvalue weighted by Crippen LogP contribution is -2.21. The molecule has 2 aromatic carbocycles. The summed E-state index contributed by atoms with van der Waals surface area (Å²) < 4.78 is 12.9. The minimum Gasteiger partial charge on any atom is -0.345 e. The van der Waals surface area contributed by atoms with Gasteiger partial charge in [-0.1, -0.05) is 12.1 Å². The van der Waals surface area contributed by atoms with Crippen LogP contribution in [0, 0.1) is 5.82 Å². The highest BCUT2D eigenvalue weighted by molar-refractivity contribution is 8.00. The van der Waals surface area contributed by atoms with Crippen LogP contribution in [0.1, 0.15) is 28.1 Å². The number of anilines is 1. The maximum absolute atomic E-state index is 12.9. The van der Waals surface area contributed by atoms with Gasteiger partial charge >= 0.3 is 0 Å². The van der Waals surface area contributed by atoms with Crippen molar-refractivity contribution in [3.8, 4) is 0 Å². The van der Waals surface area contributed by atoms with E-state index in [0.717, 1.165) is 5.56 Å². The average molecular weight is 360 g/mol. The Morgan fingerprint density at radius 1 is 1.08 bits per heavy atom. The van der Waals surface area contributed by atoms with E-state index in [1.54, 1.807) is 50.5 Å². The first kappa shape index (κ1) is 19.0. The van der Waals surface area contributed by atoms with Crippen LogP contribution in [-0.4, -0.2) is 36.6 Å². The van der Waals surface area contributed by atoms with E-state index < -0.39 is 0 Å². The number of benzene rings is 2. The van der Waals surface area contributed by atoms with E-state index in [2.05, 4.69) is 5.32 Å². The van der Waals surface area contributed by atoms with Gasteiger partial charge in [-0.2, -0.15) is 0 Å². The molecule has 25 heavy (non-hydrogen) atoms. The molecule has 0 fully saturated rings. The van der Waals surface area contributed by atoms with Gasteiger partial charge in [-0.25, -0.2) is 4.39 Å². The Morgan fingerprint density at radius 3 is 2.24 bits per heavy atom. The smallest absolute Gasteiger partial charge is 0.253 e. The summed E-state index contributed by atoms with van der Waals surface area (Å²) >= 11 is 1.48. The molecule has 132 valence electrons. The van der Waals surface area contributed by atoms with Crippen molar-refractivity contribution in [1.29, 1.82) is 0 Å². The van der Waals surface area contributed by atoms with Gasteiger partial charge in [0.1, 0.15) is 5.82 Å². The Labute approximate surface area is 151 Å². The first-order chi connectivity index (χ1) is 11.9. The Kier molecular flexibility index (Phi) is 6.58. The van der Waals surface area contributed by atoms with Crippen molar-refractivity contribution in [2.24, 2.45) is 0 Å². The van der Waals surface area contributed by atoms with Crippen LogP contribution in [0.4, 0.5) is 10.1 Å². The van der Waals surface area contributed by atoms with E-state index in [0.29, 0.717) is 11.3 Å². The average Bonchev–Trinajstić information content (AvgIpc) is 2.60. The van der Waals surface area contributed by atoms with Crippen LogP contribution in [0.25, 0.3) is 0 Å². The van der Waals surface area contributed by atoms with Crippen LogP contribution in [0.2, 0.25) is 0 Å². The van der Waals surface area contributed by atoms with E-state index in [1.165, 1.54) is 28.8 Å². The molecule has 1 unspecified atom stereocenters. The Hall–Kier alpha value is -2.34. The normalized spacial score (nSPS) is 11.7. The fourth-order valence-corrected chi connectivity index (χ4v) is 3.01. The van der Waals surface area contributed by atoms with Crippen LogP contribution in [0.15, 0.2) is 48.5 Å². The summed E-state index contributed by atoms with van der Waals surface area (Å²) in [6.45, 7) is 1.98. The number of carbonyl (C=O) groups excluding carboxylic acids is 2. The number of halogens is 1. The third kappa shape index (κ3) is 5.60. The van der Waals surface area contributed by atoms with Gasteiger partial charge in [-0.3, -0.25) is 9.59 Å². The van der Waals surface area contributed by atoms with Gasteiger partial charge in [0.2, 0.25) is 5.91 Å². The Bertz CT molecular complexity index is 730. The molecule has 0 aliphatic heterocycles. The molecule has 0 aliphatic carbocycles. The highest BCUT2D eigenvalue weighted by Crippen LogP contribution is 2.28. The van der Waals surface area contributed by atoms with Crippen LogP contribution in [0.5, 0.6) is 0 Å². The molecule has 0 spiro atoms. The molecule has 2 amide bonds. The molecule has 1 N–H and O–H groups in total. The standard InChI is InChI=1S/C19H21FN2O2S/c1-13(14-4-8-16(20)9-5-14)25-12-18(23)21-17-10-6-15(7-11-17)19(24)22(2)3/h4-11,13H,12H2,1-3H3,(H,21,23). The second-order valence-corrected chi connectivity index (χ2v) is 7.16. The van der Waals surface area contributed by atoms with Gasteiger partial charge in [-0.15, -0.1) is 11.8 Å². The number of nitrogens with zero attached hydrogens (tertiary/aromatic N) is 1. The Balaban J connectivity index is 1.85. The lowest BCUT2D eigenvalue weighted by molar-refractivity contribution is -0.113. The second-order valence-electron chi connectivity index (χ2n) is 5.83. The Morgan fingerprint density at radius 2 is 1.68 bits per heavy atom. The topological polar surface area (TPSA) is 49.4 Å². The van der Waals surface area contributed by atoms with E-state index in [4.69, 9.17) is 0 Å². The summed E-state index contributed by atoms with van der Waals surface area (Å²) in [6, 6.07) is 13.1. The van der Waals surface area contributed by atoms with Crippen LogP contribution < -0.4 is 5.32 Å². The van der Waals surface area contributed by atoms with Crippen molar-refractivity contribution in [3.05, 3.63) is 65.5 Å². The number of rotatable bonds is 6. The van der Waals surface area contributed by atoms with Gasteiger partial charge in [0.05, 0.1) is 5.75 Å². The van der Waals surface area contributed by atoms with Gasteiger partial charge < -0.3 is 10.2 Å². The number of amides is 2. The molecule has 1 atom stereocenters. The van der Waals surface area contributed by atoms with Crippen molar-refractivity contribution < 1.29 is 14.0 Å². The molecule has 2 aromatic rings. The van der Waals surface area contributed by atoms with Crippen molar-refractivity contribution in [1.82, 2.24) is 4.90 Å². The third-order valence-corrected chi connectivity index (χ3v) is 4.83. The summed E-state index contributed by atoms with van der Waals surface area (Å²) in [5.41, 5.74) is 2.20. The highest BCUT2D eigenvalue weighted by atomic mass is 32.2. The first-order valence-corrected chi connectivity index (χ1v) is 8.90. The lowest BCUT2D eigenvalue weighted by Gasteiger charge is -2.12. The summed E-state index contributed by atoms with van der Waals surface area (Å²) in [7, 11) is 3.38. The fourth-order valence-electron chi connectivity index (χ4n) is 2.18. The first-order valence-electron chi connectivity index (χ1n) is 7.85. The predicted octanol–water partition coefficient (Wildman–Crippen LogP) is 3.96. The molecule has 0 aliphatic rings. The SMILES string of the molecule is CC(SCC(=O)Nc1ccc(C(=O)N(C)C)cc1)c1ccc(F)cc1. The molecule has 0 bridgehead atoms. The summed E-state index contributed by atoms with van der Waals surface area (Å²) in [4.78, 5) is 25.4. The molecular weight excluding hydrogens is 339 g/mol. The molecule has 6 heteroatoms. The zero-order chi connectivity index (χ0) is 18.4. The number of hydrogen-bond acceptors (Lipinski definition) is 3. The second kappa shape index (κ2) is 8.67. The summed E-state index contributed by atoms with van der Waals surface area (Å²) in [5.74, 6) is -0.182. The van der Waals surface area contributed by atoms with Gasteiger partial charge in [0, 0.05) is 30.6 Å². The lowest BCUT2D eigenvalue weighted by atomic mass is 10.2. The minimum absolute atomic E-state index is 0.0819. The number of carbonyl (C=O) groups is 2. The van der Waals surface area contributed by atoms with Crippen LogP contribution in [0.3, 0.4) is 0 Å². The molecule has 0 saturated carbocycles. The molecule has 0 aromatic heterocycles. The molecule has 0 saturated heterocycles. The van der Waals surface area contributed by atoms with Gasteiger partial charge in [0.15, 0.2) is 0 Å². The maximum Gasteiger partial charge on any atom is 0.253 e. The molecule has 0 radical (unpaired) electrons. The highest BCUT2D eigenvalue weighted by Gasteiger charge is 2.11. The monoisotopic (exact) mass is 360 g/mol. The molecule has 4 nitrogen and oxygen atoms in total. The zero-order valence-electron chi connectivity index (χ0n) is 14.5. The van der Waals surface area contributed by atoms with E-state index in [9.17, 15) is 14.0 Å². The number of nitrogens with one attached hydrogen (secondary N) is 1. The maximum atomic E-state index is 12.9. The number of hydrogen-bond donors (Lipinski definition) is 1. The van der Waals surface area contributed by atoms with Gasteiger partial charge in [-0.05, 0) is 48.9 Å². The van der Waals surface area contributed by atoms with E-state index >= 15 is 0 Å². The van der Waals surface area contributed by atoms with Crippen LogP contribution >= 0.6 is 11.8 Å². The van der Waals surface area contributed by atoms with Crippen molar-refractivity contribution >= 4 is 29.3 Å². The number of thioether (sulfide) groups is 1. The molecular formula is C19H21FN2O2S. The van der Waals surface area contributed by atoms with Crippen molar-refractivity contribution in [3.63, 3.8) is 0 Å². The van der Waals surface area contributed by atoms with Crippen molar-refractivity contribution in [2.45, 2.75) is 12.2 Å². The van der Waals surface area contributed by atoms with Crippen LogP contribution in [-0.2, 0) is 4.79 Å². The van der Waals surface area contributed by atoms with Gasteiger partial charge in [0.25, 0.3) is 5.91 Å². The zero-order valence-corrected chi connectivity index (χ0v) is 15.3. The predicted molar refractivity (Wildman–Crippen MR) is 100 cm³/mol. The molecule has 2 rings (SSSR count). The molecule has 0 heterocycles. The fraction of sp³-hybridized carbons (Fsp3) is 0.263. The summed E-state index contributed by atoms with van der Waals surface area (Å²) in [5, 5.41) is 2.90. The third-order valence-electron chi connectivity index (χ3n) is 3.63. The van der Waals surface area contributed by atoms with E-state index in [1.807, 2.05) is 6.92 Å².